The molecule has 0 fully saturated rings. The smallest absolute Gasteiger partial charge is 0.342 e. The van der Waals surface area contributed by atoms with E-state index in [9.17, 15) is 4.79 Å². The van der Waals surface area contributed by atoms with Crippen LogP contribution in [0.5, 0.6) is 11.5 Å². The van der Waals surface area contributed by atoms with Crippen molar-refractivity contribution < 1.29 is 14.3 Å². The highest BCUT2D eigenvalue weighted by Crippen LogP contribution is 2.12. The molecule has 2 rings (SSSR count). The molecule has 0 radical (unpaired) electrons. The zero-order chi connectivity index (χ0) is 13.5. The molecule has 0 amide bonds. The fraction of sp³-hybridized carbons (Fsp3) is 0.0625. The quantitative estimate of drug-likeness (QED) is 0.467. The second-order valence-corrected chi connectivity index (χ2v) is 3.91. The molecule has 0 aliphatic carbocycles. The van der Waals surface area contributed by atoms with Gasteiger partial charge in [0.15, 0.2) is 0 Å². The average molecular weight is 254 g/mol. The minimum atomic E-state index is -0.484. The van der Waals surface area contributed by atoms with Gasteiger partial charge in [-0.25, -0.2) is 4.79 Å². The van der Waals surface area contributed by atoms with E-state index >= 15 is 0 Å². The van der Waals surface area contributed by atoms with Gasteiger partial charge < -0.3 is 9.47 Å². The first-order valence-corrected chi connectivity index (χ1v) is 5.88. The van der Waals surface area contributed by atoms with Crippen LogP contribution in [0.3, 0.4) is 0 Å². The van der Waals surface area contributed by atoms with Crippen molar-refractivity contribution in [2.24, 2.45) is 0 Å². The van der Waals surface area contributed by atoms with Gasteiger partial charge in [-0.3, -0.25) is 0 Å². The highest BCUT2D eigenvalue weighted by molar-refractivity contribution is 5.89. The SMILES string of the molecule is C=C(COc1ccccc1)C(=O)Oc1ccccc1. The van der Waals surface area contributed by atoms with Gasteiger partial charge in [0.1, 0.15) is 18.1 Å². The second-order valence-electron chi connectivity index (χ2n) is 3.91. The minimum absolute atomic E-state index is 0.107. The molecule has 0 N–H and O–H groups in total. The van der Waals surface area contributed by atoms with E-state index in [0.29, 0.717) is 11.5 Å². The van der Waals surface area contributed by atoms with Crippen LogP contribution in [0.25, 0.3) is 0 Å². The van der Waals surface area contributed by atoms with E-state index in [-0.39, 0.29) is 12.2 Å². The normalized spacial score (nSPS) is 9.68. The van der Waals surface area contributed by atoms with Gasteiger partial charge in [-0.2, -0.15) is 0 Å². The van der Waals surface area contributed by atoms with Crippen molar-refractivity contribution in [2.75, 3.05) is 6.61 Å². The number of carbonyl (C=O) groups is 1. The zero-order valence-corrected chi connectivity index (χ0v) is 10.4. The van der Waals surface area contributed by atoms with E-state index in [2.05, 4.69) is 6.58 Å². The molecule has 19 heavy (non-hydrogen) atoms. The highest BCUT2D eigenvalue weighted by Gasteiger charge is 2.10. The monoisotopic (exact) mass is 254 g/mol. The van der Waals surface area contributed by atoms with Gasteiger partial charge in [0.25, 0.3) is 0 Å². The fourth-order valence-corrected chi connectivity index (χ4v) is 1.41. The first-order chi connectivity index (χ1) is 9.25. The third-order valence-electron chi connectivity index (χ3n) is 2.40. The highest BCUT2D eigenvalue weighted by atomic mass is 16.5. The Morgan fingerprint density at radius 1 is 0.895 bits per heavy atom. The molecule has 0 bridgehead atoms. The van der Waals surface area contributed by atoms with Gasteiger partial charge in [0, 0.05) is 0 Å². The van der Waals surface area contributed by atoms with E-state index in [1.165, 1.54) is 0 Å². The third-order valence-corrected chi connectivity index (χ3v) is 2.40. The van der Waals surface area contributed by atoms with Gasteiger partial charge in [0.05, 0.1) is 5.57 Å². The number of hydrogen-bond acceptors (Lipinski definition) is 3. The second kappa shape index (κ2) is 6.40. The largest absolute Gasteiger partial charge is 0.489 e. The molecule has 0 saturated carbocycles. The molecule has 0 unspecified atom stereocenters. The van der Waals surface area contributed by atoms with E-state index in [4.69, 9.17) is 9.47 Å². The molecule has 0 heterocycles. The first kappa shape index (κ1) is 12.9. The van der Waals surface area contributed by atoms with Crippen LogP contribution in [0.1, 0.15) is 0 Å². The van der Waals surface area contributed by atoms with Gasteiger partial charge >= 0.3 is 5.97 Å². The molecular weight excluding hydrogens is 240 g/mol. The zero-order valence-electron chi connectivity index (χ0n) is 10.4. The molecule has 3 heteroatoms. The summed E-state index contributed by atoms with van der Waals surface area (Å²) in [5.74, 6) is 0.701. The van der Waals surface area contributed by atoms with Crippen LogP contribution < -0.4 is 9.47 Å². The molecule has 2 aromatic carbocycles. The number of carbonyl (C=O) groups excluding carboxylic acids is 1. The Bertz CT molecular complexity index is 547. The summed E-state index contributed by atoms with van der Waals surface area (Å²) in [4.78, 5) is 11.7. The molecule has 0 saturated heterocycles. The standard InChI is InChI=1S/C16H14O3/c1-13(12-18-14-8-4-2-5-9-14)16(17)19-15-10-6-3-7-11-15/h2-11H,1,12H2. The molecule has 2 aromatic rings. The Labute approximate surface area is 112 Å². The minimum Gasteiger partial charge on any atom is -0.489 e. The maximum Gasteiger partial charge on any atom is 0.342 e. The summed E-state index contributed by atoms with van der Waals surface area (Å²) in [6.45, 7) is 3.77. The average Bonchev–Trinajstić information content (AvgIpc) is 2.47. The Balaban J connectivity index is 1.85. The Morgan fingerprint density at radius 2 is 1.42 bits per heavy atom. The van der Waals surface area contributed by atoms with Gasteiger partial charge in [-0.05, 0) is 24.3 Å². The summed E-state index contributed by atoms with van der Waals surface area (Å²) < 4.78 is 10.6. The van der Waals surface area contributed by atoms with Crippen molar-refractivity contribution in [3.05, 3.63) is 72.8 Å². The summed E-state index contributed by atoms with van der Waals surface area (Å²) in [7, 11) is 0. The summed E-state index contributed by atoms with van der Waals surface area (Å²) in [6.07, 6.45) is 0. The van der Waals surface area contributed by atoms with Crippen LogP contribution in [0.4, 0.5) is 0 Å². The van der Waals surface area contributed by atoms with Crippen LogP contribution >= 0.6 is 0 Å². The van der Waals surface area contributed by atoms with Crippen molar-refractivity contribution in [1.82, 2.24) is 0 Å². The lowest BCUT2D eigenvalue weighted by Gasteiger charge is -2.08. The van der Waals surface area contributed by atoms with E-state index in [1.54, 1.807) is 24.3 Å². The van der Waals surface area contributed by atoms with Crippen molar-refractivity contribution in [3.8, 4) is 11.5 Å². The van der Waals surface area contributed by atoms with E-state index in [0.717, 1.165) is 0 Å². The van der Waals surface area contributed by atoms with Gasteiger partial charge in [-0.1, -0.05) is 43.0 Å². The Kier molecular flexibility index (Phi) is 4.34. The lowest BCUT2D eigenvalue weighted by Crippen LogP contribution is -2.15. The van der Waals surface area contributed by atoms with Crippen molar-refractivity contribution >= 4 is 5.97 Å². The number of ether oxygens (including phenoxy) is 2. The summed E-state index contributed by atoms with van der Waals surface area (Å²) in [5.41, 5.74) is 0.271. The maximum absolute atomic E-state index is 11.7. The number of rotatable bonds is 5. The fourth-order valence-electron chi connectivity index (χ4n) is 1.41. The molecule has 96 valence electrons. The molecule has 3 nitrogen and oxygen atoms in total. The van der Waals surface area contributed by atoms with Crippen LogP contribution in [-0.2, 0) is 4.79 Å². The topological polar surface area (TPSA) is 35.5 Å². The lowest BCUT2D eigenvalue weighted by molar-refractivity contribution is -0.130. The molecule has 0 aliphatic rings. The van der Waals surface area contributed by atoms with Crippen LogP contribution in [0.15, 0.2) is 72.8 Å². The van der Waals surface area contributed by atoms with Gasteiger partial charge in [-0.15, -0.1) is 0 Å². The number of benzene rings is 2. The van der Waals surface area contributed by atoms with E-state index in [1.807, 2.05) is 36.4 Å². The summed E-state index contributed by atoms with van der Waals surface area (Å²) in [6, 6.07) is 18.1. The predicted molar refractivity (Wildman–Crippen MR) is 73.2 cm³/mol. The predicted octanol–water partition coefficient (Wildman–Crippen LogP) is 3.23. The molecule has 0 aromatic heterocycles. The summed E-state index contributed by atoms with van der Waals surface area (Å²) in [5, 5.41) is 0. The van der Waals surface area contributed by atoms with Crippen LogP contribution in [0, 0.1) is 0 Å². The third kappa shape index (κ3) is 4.00. The lowest BCUT2D eigenvalue weighted by atomic mass is 10.3. The maximum atomic E-state index is 11.7. The molecule has 0 spiro atoms. The molecule has 0 aliphatic heterocycles. The first-order valence-electron chi connectivity index (χ1n) is 5.88. The number of hydrogen-bond donors (Lipinski definition) is 0. The van der Waals surface area contributed by atoms with Crippen molar-refractivity contribution in [2.45, 2.75) is 0 Å². The summed E-state index contributed by atoms with van der Waals surface area (Å²) >= 11 is 0. The van der Waals surface area contributed by atoms with E-state index < -0.39 is 5.97 Å². The molecule has 0 atom stereocenters. The van der Waals surface area contributed by atoms with Crippen LogP contribution in [-0.4, -0.2) is 12.6 Å². The molecular formula is C16H14O3. The van der Waals surface area contributed by atoms with Crippen LogP contribution in [0.2, 0.25) is 0 Å². The number of esters is 1. The Morgan fingerprint density at radius 3 is 2.00 bits per heavy atom. The Hall–Kier alpha value is -2.55. The van der Waals surface area contributed by atoms with Crippen molar-refractivity contribution in [1.29, 1.82) is 0 Å². The van der Waals surface area contributed by atoms with Gasteiger partial charge in [0.2, 0.25) is 0 Å². The number of para-hydroxylation sites is 2. The van der Waals surface area contributed by atoms with Crippen molar-refractivity contribution in [3.63, 3.8) is 0 Å².